The van der Waals surface area contributed by atoms with Gasteiger partial charge in [-0.05, 0) is 98.4 Å². The zero-order valence-corrected chi connectivity index (χ0v) is 34.8. The number of methoxy groups -OCH3 is 2. The lowest BCUT2D eigenvalue weighted by atomic mass is 9.77. The van der Waals surface area contributed by atoms with Crippen molar-refractivity contribution < 1.29 is 42.3 Å². The molecule has 4 aromatic rings. The number of carbonyl (C=O) groups excluding carboxylic acids is 2. The SMILES string of the molecule is COc1ccc(C(OCc2ccc(OP(=O)(O)OCC3CCCN3C(=O)C3CCCCC3C(=O)NCCN(C)C)cc2)(c2ccccc2)c2ccc(OC)cc2)cc1. The molecular formula is C45H56N3O9P. The van der Waals surface area contributed by atoms with Crippen molar-refractivity contribution in [2.45, 2.75) is 56.8 Å². The molecule has 1 saturated heterocycles. The van der Waals surface area contributed by atoms with Crippen molar-refractivity contribution in [1.82, 2.24) is 15.1 Å². The molecule has 0 spiro atoms. The lowest BCUT2D eigenvalue weighted by Crippen LogP contribution is -2.48. The molecule has 6 rings (SSSR count). The Balaban J connectivity index is 1.11. The summed E-state index contributed by atoms with van der Waals surface area (Å²) in [5.74, 6) is 0.632. The molecule has 1 saturated carbocycles. The first-order chi connectivity index (χ1) is 28.0. The van der Waals surface area contributed by atoms with Gasteiger partial charge in [0.25, 0.3) is 0 Å². The summed E-state index contributed by atoms with van der Waals surface area (Å²) >= 11 is 0. The van der Waals surface area contributed by atoms with Crippen LogP contribution in [0.4, 0.5) is 0 Å². The molecule has 2 N–H and O–H groups in total. The Bertz CT molecular complexity index is 1930. The molecule has 58 heavy (non-hydrogen) atoms. The van der Waals surface area contributed by atoms with Crippen LogP contribution in [0.15, 0.2) is 103 Å². The van der Waals surface area contributed by atoms with Gasteiger partial charge in [0, 0.05) is 31.5 Å². The maximum atomic E-state index is 13.9. The lowest BCUT2D eigenvalue weighted by Gasteiger charge is -2.36. The second kappa shape index (κ2) is 19.8. The average Bonchev–Trinajstić information content (AvgIpc) is 3.73. The van der Waals surface area contributed by atoms with E-state index in [9.17, 15) is 19.0 Å². The highest BCUT2D eigenvalue weighted by Gasteiger charge is 2.42. The number of ether oxygens (including phenoxy) is 3. The summed E-state index contributed by atoms with van der Waals surface area (Å²) in [6.45, 7) is 1.79. The van der Waals surface area contributed by atoms with Crippen LogP contribution >= 0.6 is 7.82 Å². The molecule has 2 fully saturated rings. The van der Waals surface area contributed by atoms with Gasteiger partial charge in [0.2, 0.25) is 11.8 Å². The molecule has 1 aliphatic heterocycles. The molecule has 0 radical (unpaired) electrons. The number of phosphoric acid groups is 1. The number of nitrogens with zero attached hydrogens (tertiary/aromatic N) is 2. The van der Waals surface area contributed by atoms with Gasteiger partial charge in [0.1, 0.15) is 22.8 Å². The van der Waals surface area contributed by atoms with E-state index in [0.717, 1.165) is 59.6 Å². The summed E-state index contributed by atoms with van der Waals surface area (Å²) in [7, 11) is 2.60. The number of nitrogens with one attached hydrogen (secondary N) is 1. The van der Waals surface area contributed by atoms with Crippen LogP contribution in [-0.4, -0.2) is 87.1 Å². The van der Waals surface area contributed by atoms with Gasteiger partial charge in [0.15, 0.2) is 0 Å². The molecule has 13 heteroatoms. The van der Waals surface area contributed by atoms with E-state index in [4.69, 9.17) is 23.3 Å². The third-order valence-electron chi connectivity index (χ3n) is 11.1. The maximum Gasteiger partial charge on any atom is 0.527 e. The predicted octanol–water partition coefficient (Wildman–Crippen LogP) is 7.18. The van der Waals surface area contributed by atoms with Gasteiger partial charge in [-0.1, -0.05) is 79.6 Å². The first-order valence-electron chi connectivity index (χ1n) is 20.0. The number of carbonyl (C=O) groups is 2. The van der Waals surface area contributed by atoms with Crippen LogP contribution in [0.5, 0.6) is 17.2 Å². The maximum absolute atomic E-state index is 13.9. The van der Waals surface area contributed by atoms with E-state index >= 15 is 0 Å². The number of benzene rings is 4. The Labute approximate surface area is 342 Å². The van der Waals surface area contributed by atoms with Gasteiger partial charge < -0.3 is 33.9 Å². The predicted molar refractivity (Wildman–Crippen MR) is 222 cm³/mol. The molecule has 310 valence electrons. The minimum atomic E-state index is -4.55. The van der Waals surface area contributed by atoms with Crippen molar-refractivity contribution in [1.29, 1.82) is 0 Å². The number of hydrogen-bond acceptors (Lipinski definition) is 9. The van der Waals surface area contributed by atoms with E-state index < -0.39 is 25.4 Å². The van der Waals surface area contributed by atoms with Gasteiger partial charge in [-0.3, -0.25) is 19.0 Å². The summed E-state index contributed by atoms with van der Waals surface area (Å²) in [4.78, 5) is 41.5. The van der Waals surface area contributed by atoms with Gasteiger partial charge >= 0.3 is 7.82 Å². The topological polar surface area (TPSA) is 136 Å². The zero-order chi connectivity index (χ0) is 41.1. The molecule has 1 heterocycles. The molecule has 1 aliphatic carbocycles. The lowest BCUT2D eigenvalue weighted by molar-refractivity contribution is -0.144. The van der Waals surface area contributed by atoms with E-state index in [1.165, 1.54) is 0 Å². The highest BCUT2D eigenvalue weighted by atomic mass is 31.2. The van der Waals surface area contributed by atoms with E-state index in [1.807, 2.05) is 97.9 Å². The summed E-state index contributed by atoms with van der Waals surface area (Å²) < 4.78 is 42.1. The largest absolute Gasteiger partial charge is 0.527 e. The van der Waals surface area contributed by atoms with E-state index in [0.29, 0.717) is 32.4 Å². The summed E-state index contributed by atoms with van der Waals surface area (Å²) in [6, 6.07) is 32.0. The summed E-state index contributed by atoms with van der Waals surface area (Å²) in [5, 5.41) is 3.01. The molecule has 4 atom stereocenters. The third kappa shape index (κ3) is 10.5. The molecule has 4 unspecified atom stereocenters. The van der Waals surface area contributed by atoms with E-state index in [2.05, 4.69) is 5.32 Å². The molecule has 0 aromatic heterocycles. The number of rotatable bonds is 18. The van der Waals surface area contributed by atoms with Crippen molar-refractivity contribution in [2.24, 2.45) is 11.8 Å². The normalized spacial score (nSPS) is 19.3. The van der Waals surface area contributed by atoms with Gasteiger partial charge in [-0.25, -0.2) is 4.57 Å². The fraction of sp³-hybridized carbons (Fsp3) is 0.422. The smallest absolute Gasteiger partial charge is 0.497 e. The Hall–Kier alpha value is -4.71. The Morgan fingerprint density at radius 1 is 0.776 bits per heavy atom. The fourth-order valence-corrected chi connectivity index (χ4v) is 8.84. The number of likely N-dealkylation sites (N-methyl/N-ethyl adjacent to an activating group) is 1. The quantitative estimate of drug-likeness (QED) is 0.0786. The number of phosphoric ester groups is 1. The highest BCUT2D eigenvalue weighted by Crippen LogP contribution is 2.46. The van der Waals surface area contributed by atoms with Crippen LogP contribution in [0.3, 0.4) is 0 Å². The van der Waals surface area contributed by atoms with Crippen LogP contribution in [0.25, 0.3) is 0 Å². The molecular weight excluding hydrogens is 757 g/mol. The first-order valence-corrected chi connectivity index (χ1v) is 21.5. The van der Waals surface area contributed by atoms with Crippen molar-refractivity contribution >= 4 is 19.6 Å². The van der Waals surface area contributed by atoms with Crippen molar-refractivity contribution in [2.75, 3.05) is 54.6 Å². The number of amides is 2. The van der Waals surface area contributed by atoms with Gasteiger partial charge in [-0.2, -0.15) is 0 Å². The van der Waals surface area contributed by atoms with Gasteiger partial charge in [-0.15, -0.1) is 0 Å². The Morgan fingerprint density at radius 2 is 1.34 bits per heavy atom. The molecule has 4 aromatic carbocycles. The van der Waals surface area contributed by atoms with E-state index in [-0.39, 0.29) is 36.7 Å². The van der Waals surface area contributed by atoms with Crippen LogP contribution in [0, 0.1) is 11.8 Å². The fourth-order valence-electron chi connectivity index (χ4n) is 8.04. The molecule has 0 bridgehead atoms. The standard InChI is InChI=1S/C45H56N3O9P/c1-47(2)30-28-46-43(49)41-14-8-9-15-42(41)44(50)48-29-10-13-37(48)32-56-58(51,52)57-40-22-16-33(17-23-40)31-55-45(34-11-6-5-7-12-34,35-18-24-38(53-3)25-19-35)36-20-26-39(54-4)27-21-36/h5-7,11-12,16-27,37,41-42H,8-10,13-15,28-32H2,1-4H3,(H,46,49)(H,51,52). The first kappa shape index (κ1) is 42.9. The van der Waals surface area contributed by atoms with E-state index in [1.54, 1.807) is 43.4 Å². The van der Waals surface area contributed by atoms with Gasteiger partial charge in [0.05, 0.1) is 33.5 Å². The summed E-state index contributed by atoms with van der Waals surface area (Å²) in [6.07, 6.45) is 4.48. The second-order valence-corrected chi connectivity index (χ2v) is 16.6. The molecule has 2 aliphatic rings. The number of hydrogen-bond donors (Lipinski definition) is 2. The molecule has 2 amide bonds. The van der Waals surface area contributed by atoms with Crippen LogP contribution in [0.1, 0.15) is 60.8 Å². The third-order valence-corrected chi connectivity index (χ3v) is 12.1. The summed E-state index contributed by atoms with van der Waals surface area (Å²) in [5.41, 5.74) is 2.49. The van der Waals surface area contributed by atoms with Crippen LogP contribution in [-0.2, 0) is 35.6 Å². The number of likely N-dealkylation sites (tertiary alicyclic amines) is 1. The van der Waals surface area contributed by atoms with Crippen LogP contribution < -0.4 is 19.3 Å². The Morgan fingerprint density at radius 3 is 1.93 bits per heavy atom. The second-order valence-electron chi connectivity index (χ2n) is 15.2. The minimum Gasteiger partial charge on any atom is -0.497 e. The van der Waals surface area contributed by atoms with Crippen molar-refractivity contribution in [3.63, 3.8) is 0 Å². The highest BCUT2D eigenvalue weighted by molar-refractivity contribution is 7.47. The van der Waals surface area contributed by atoms with Crippen LogP contribution in [0.2, 0.25) is 0 Å². The zero-order valence-electron chi connectivity index (χ0n) is 33.9. The molecule has 12 nitrogen and oxygen atoms in total. The Kier molecular flexibility index (Phi) is 14.7. The van der Waals surface area contributed by atoms with Crippen molar-refractivity contribution in [3.05, 3.63) is 125 Å². The average molecular weight is 814 g/mol. The minimum absolute atomic E-state index is 0.0808. The van der Waals surface area contributed by atoms with Crippen molar-refractivity contribution in [3.8, 4) is 17.2 Å². The monoisotopic (exact) mass is 813 g/mol.